The van der Waals surface area contributed by atoms with Crippen LogP contribution in [0.1, 0.15) is 19.4 Å². The molecule has 14 heavy (non-hydrogen) atoms. The van der Waals surface area contributed by atoms with Gasteiger partial charge in [0.15, 0.2) is 0 Å². The second-order valence-corrected chi connectivity index (χ2v) is 2.79. The van der Waals surface area contributed by atoms with Crippen molar-refractivity contribution in [1.82, 2.24) is 9.78 Å². The van der Waals surface area contributed by atoms with Gasteiger partial charge < -0.3 is 0 Å². The third-order valence-corrected chi connectivity index (χ3v) is 1.77. The number of nitrogens with zero attached hydrogens (tertiary/aromatic N) is 2. The van der Waals surface area contributed by atoms with Gasteiger partial charge in [-0.25, -0.2) is 4.68 Å². The summed E-state index contributed by atoms with van der Waals surface area (Å²) in [4.78, 5) is 0. The summed E-state index contributed by atoms with van der Waals surface area (Å²) < 4.78 is 1.85. The van der Waals surface area contributed by atoms with Crippen molar-refractivity contribution < 1.29 is 0 Å². The predicted octanol–water partition coefficient (Wildman–Crippen LogP) is 3.21. The average molecular weight is 188 g/mol. The van der Waals surface area contributed by atoms with Crippen molar-refractivity contribution >= 4 is 0 Å². The zero-order chi connectivity index (χ0) is 10.4. The molecule has 0 fully saturated rings. The third-order valence-electron chi connectivity index (χ3n) is 1.77. The van der Waals surface area contributed by atoms with E-state index in [1.54, 1.807) is 6.20 Å². The van der Waals surface area contributed by atoms with Gasteiger partial charge in [-0.15, -0.1) is 0 Å². The average Bonchev–Trinajstić information content (AvgIpc) is 2.74. The van der Waals surface area contributed by atoms with Crippen molar-refractivity contribution in [1.29, 1.82) is 0 Å². The summed E-state index contributed by atoms with van der Waals surface area (Å²) >= 11 is 0. The molecule has 0 aliphatic rings. The van der Waals surface area contributed by atoms with Crippen LogP contribution < -0.4 is 0 Å². The Hall–Kier alpha value is -1.57. The van der Waals surface area contributed by atoms with Crippen LogP contribution in [0, 0.1) is 6.92 Å². The summed E-state index contributed by atoms with van der Waals surface area (Å²) in [5, 5.41) is 4.14. The number of benzene rings is 1. The Morgan fingerprint density at radius 3 is 2.50 bits per heavy atom. The lowest BCUT2D eigenvalue weighted by Gasteiger charge is -2.00. The van der Waals surface area contributed by atoms with Gasteiger partial charge in [-0.05, 0) is 30.7 Å². The highest BCUT2D eigenvalue weighted by molar-refractivity contribution is 5.34. The maximum Gasteiger partial charge on any atom is 0.0648 e. The zero-order valence-corrected chi connectivity index (χ0v) is 8.94. The van der Waals surface area contributed by atoms with Crippen molar-refractivity contribution in [3.8, 4) is 5.69 Å². The Balaban J connectivity index is 0.000000461. The highest BCUT2D eigenvalue weighted by atomic mass is 15.3. The van der Waals surface area contributed by atoms with Crippen molar-refractivity contribution in [2.45, 2.75) is 20.8 Å². The zero-order valence-electron chi connectivity index (χ0n) is 8.94. The fourth-order valence-corrected chi connectivity index (χ4v) is 1.19. The maximum atomic E-state index is 4.14. The van der Waals surface area contributed by atoms with Gasteiger partial charge in [-0.3, -0.25) is 0 Å². The summed E-state index contributed by atoms with van der Waals surface area (Å²) in [6.07, 6.45) is 3.72. The van der Waals surface area contributed by atoms with Crippen LogP contribution >= 0.6 is 0 Å². The molecule has 2 aromatic rings. The second kappa shape index (κ2) is 5.22. The van der Waals surface area contributed by atoms with Gasteiger partial charge in [0.25, 0.3) is 0 Å². The van der Waals surface area contributed by atoms with Gasteiger partial charge in [0.2, 0.25) is 0 Å². The smallest absolute Gasteiger partial charge is 0.0648 e. The molecule has 0 aliphatic carbocycles. The van der Waals surface area contributed by atoms with Crippen LogP contribution in [0.3, 0.4) is 0 Å². The molecule has 1 heterocycles. The Kier molecular flexibility index (Phi) is 3.92. The summed E-state index contributed by atoms with van der Waals surface area (Å²) in [6, 6.07) is 10.2. The van der Waals surface area contributed by atoms with Gasteiger partial charge in [-0.2, -0.15) is 5.10 Å². The minimum atomic E-state index is 1.11. The lowest BCUT2D eigenvalue weighted by Crippen LogP contribution is -1.93. The number of aryl methyl sites for hydroxylation is 1. The number of aromatic nitrogens is 2. The van der Waals surface area contributed by atoms with E-state index in [1.807, 2.05) is 42.9 Å². The molecule has 0 amide bonds. The molecule has 0 atom stereocenters. The minimum absolute atomic E-state index is 1.11. The van der Waals surface area contributed by atoms with Crippen molar-refractivity contribution in [3.63, 3.8) is 0 Å². The molecular formula is C12H16N2. The van der Waals surface area contributed by atoms with E-state index in [1.165, 1.54) is 5.56 Å². The van der Waals surface area contributed by atoms with Crippen molar-refractivity contribution in [2.24, 2.45) is 0 Å². The topological polar surface area (TPSA) is 17.8 Å². The molecule has 0 saturated carbocycles. The Bertz CT molecular complexity index is 364. The monoisotopic (exact) mass is 188 g/mol. The van der Waals surface area contributed by atoms with Crippen LogP contribution in [-0.4, -0.2) is 9.78 Å². The van der Waals surface area contributed by atoms with Crippen LogP contribution in [0.15, 0.2) is 42.7 Å². The number of hydrogen-bond donors (Lipinski definition) is 0. The highest BCUT2D eigenvalue weighted by Crippen LogP contribution is 2.07. The molecule has 0 radical (unpaired) electrons. The Morgan fingerprint density at radius 2 is 1.93 bits per heavy atom. The second-order valence-electron chi connectivity index (χ2n) is 2.79. The number of hydrogen-bond acceptors (Lipinski definition) is 1. The normalized spacial score (nSPS) is 9.07. The molecule has 0 spiro atoms. The van der Waals surface area contributed by atoms with E-state index in [9.17, 15) is 0 Å². The predicted molar refractivity (Wildman–Crippen MR) is 59.6 cm³/mol. The molecule has 2 nitrogen and oxygen atoms in total. The van der Waals surface area contributed by atoms with Gasteiger partial charge in [0, 0.05) is 12.4 Å². The first-order chi connectivity index (χ1) is 6.86. The standard InChI is InChI=1S/C10H10N2.C2H6/c1-9-4-2-5-10(8-9)12-7-3-6-11-12;1-2/h2-8H,1H3;1-2H3. The summed E-state index contributed by atoms with van der Waals surface area (Å²) in [5.74, 6) is 0. The first-order valence-electron chi connectivity index (χ1n) is 4.93. The SMILES string of the molecule is CC.Cc1cccc(-n2cccn2)c1. The van der Waals surface area contributed by atoms with E-state index in [2.05, 4.69) is 24.2 Å². The first-order valence-corrected chi connectivity index (χ1v) is 4.93. The molecule has 1 aromatic heterocycles. The molecular weight excluding hydrogens is 172 g/mol. The molecule has 2 rings (SSSR count). The van der Waals surface area contributed by atoms with Crippen molar-refractivity contribution in [3.05, 3.63) is 48.3 Å². The maximum absolute atomic E-state index is 4.14. The van der Waals surface area contributed by atoms with Crippen LogP contribution in [0.25, 0.3) is 5.69 Å². The highest BCUT2D eigenvalue weighted by Gasteiger charge is 1.93. The molecule has 0 bridgehead atoms. The van der Waals surface area contributed by atoms with E-state index >= 15 is 0 Å². The van der Waals surface area contributed by atoms with Gasteiger partial charge >= 0.3 is 0 Å². The van der Waals surface area contributed by atoms with Crippen LogP contribution in [0.2, 0.25) is 0 Å². The Labute approximate surface area is 85.2 Å². The van der Waals surface area contributed by atoms with Crippen LogP contribution in [0.5, 0.6) is 0 Å². The van der Waals surface area contributed by atoms with E-state index in [0.717, 1.165) is 5.69 Å². The third kappa shape index (κ3) is 2.46. The summed E-state index contributed by atoms with van der Waals surface area (Å²) in [6.45, 7) is 6.08. The summed E-state index contributed by atoms with van der Waals surface area (Å²) in [5.41, 5.74) is 2.36. The quantitative estimate of drug-likeness (QED) is 0.672. The van der Waals surface area contributed by atoms with Crippen LogP contribution in [0.4, 0.5) is 0 Å². The van der Waals surface area contributed by atoms with E-state index in [-0.39, 0.29) is 0 Å². The van der Waals surface area contributed by atoms with Gasteiger partial charge in [0.05, 0.1) is 5.69 Å². The van der Waals surface area contributed by atoms with Crippen molar-refractivity contribution in [2.75, 3.05) is 0 Å². The van der Waals surface area contributed by atoms with Gasteiger partial charge in [-0.1, -0.05) is 26.0 Å². The number of rotatable bonds is 1. The molecule has 0 saturated heterocycles. The molecule has 74 valence electrons. The first kappa shape index (κ1) is 10.5. The fourth-order valence-electron chi connectivity index (χ4n) is 1.19. The molecule has 0 unspecified atom stereocenters. The van der Waals surface area contributed by atoms with E-state index < -0.39 is 0 Å². The van der Waals surface area contributed by atoms with E-state index in [4.69, 9.17) is 0 Å². The Morgan fingerprint density at radius 1 is 1.14 bits per heavy atom. The fraction of sp³-hybridized carbons (Fsp3) is 0.250. The summed E-state index contributed by atoms with van der Waals surface area (Å²) in [7, 11) is 0. The lowest BCUT2D eigenvalue weighted by molar-refractivity contribution is 0.879. The molecule has 1 aromatic carbocycles. The van der Waals surface area contributed by atoms with E-state index in [0.29, 0.717) is 0 Å². The molecule has 2 heteroatoms. The largest absolute Gasteiger partial charge is 0.241 e. The molecule has 0 N–H and O–H groups in total. The molecule has 0 aliphatic heterocycles. The van der Waals surface area contributed by atoms with Gasteiger partial charge in [0.1, 0.15) is 0 Å². The lowest BCUT2D eigenvalue weighted by atomic mass is 10.2. The van der Waals surface area contributed by atoms with Crippen LogP contribution in [-0.2, 0) is 0 Å². The minimum Gasteiger partial charge on any atom is -0.241 e.